The molecule has 196 valence electrons. The summed E-state index contributed by atoms with van der Waals surface area (Å²) in [5.41, 5.74) is 1.53. The molecule has 0 saturated carbocycles. The minimum absolute atomic E-state index is 0.282. The first kappa shape index (κ1) is 27.7. The normalized spacial score (nSPS) is 16.3. The van der Waals surface area contributed by atoms with Crippen LogP contribution in [0.5, 0.6) is 0 Å². The molecule has 0 radical (unpaired) electrons. The van der Waals surface area contributed by atoms with Gasteiger partial charge in [-0.3, -0.25) is 19.4 Å². The van der Waals surface area contributed by atoms with E-state index in [9.17, 15) is 18.4 Å². The fourth-order valence-corrected chi connectivity index (χ4v) is 4.46. The number of carbonyl (C=O) groups excluding carboxylic acids is 2. The van der Waals surface area contributed by atoms with Gasteiger partial charge in [-0.15, -0.1) is 0 Å². The Kier molecular flexibility index (Phi) is 10.8. The third kappa shape index (κ3) is 8.10. The van der Waals surface area contributed by atoms with Crippen molar-refractivity contribution in [2.75, 3.05) is 52.5 Å². The van der Waals surface area contributed by atoms with Crippen molar-refractivity contribution in [3.05, 3.63) is 71.3 Å². The van der Waals surface area contributed by atoms with E-state index >= 15 is 0 Å². The quantitative estimate of drug-likeness (QED) is 0.402. The molecule has 3 rings (SSSR count). The Morgan fingerprint density at radius 3 is 1.33 bits per heavy atom. The zero-order chi connectivity index (χ0) is 25.9. The van der Waals surface area contributed by atoms with Crippen molar-refractivity contribution >= 4 is 11.9 Å². The maximum absolute atomic E-state index is 13.2. The van der Waals surface area contributed by atoms with Gasteiger partial charge >= 0.3 is 11.9 Å². The molecule has 1 aliphatic heterocycles. The van der Waals surface area contributed by atoms with Gasteiger partial charge in [0.25, 0.3) is 0 Å². The Morgan fingerprint density at radius 2 is 1.03 bits per heavy atom. The average Bonchev–Trinajstić information content (AvgIpc) is 2.88. The summed E-state index contributed by atoms with van der Waals surface area (Å²) in [4.78, 5) is 29.5. The summed E-state index contributed by atoms with van der Waals surface area (Å²) in [7, 11) is 0. The number of hydrogen-bond donors (Lipinski definition) is 0. The van der Waals surface area contributed by atoms with Crippen molar-refractivity contribution in [1.29, 1.82) is 0 Å². The van der Waals surface area contributed by atoms with Gasteiger partial charge in [-0.05, 0) is 48.2 Å². The lowest BCUT2D eigenvalue weighted by Gasteiger charge is -2.34. The number of nitrogens with zero attached hydrogens (tertiary/aromatic N) is 2. The second kappa shape index (κ2) is 14.0. The van der Waals surface area contributed by atoms with Crippen molar-refractivity contribution in [2.45, 2.75) is 38.5 Å². The molecule has 0 aromatic heterocycles. The molecule has 2 aromatic rings. The van der Waals surface area contributed by atoms with Crippen LogP contribution in [-0.2, 0) is 19.1 Å². The average molecular weight is 503 g/mol. The number of ether oxygens (including phenoxy) is 2. The first-order valence-electron chi connectivity index (χ1n) is 12.7. The molecular formula is C28H36F2N2O4. The highest BCUT2D eigenvalue weighted by molar-refractivity contribution is 5.78. The molecule has 2 aromatic carbocycles. The molecule has 0 bridgehead atoms. The first-order valence-corrected chi connectivity index (χ1v) is 12.7. The summed E-state index contributed by atoms with van der Waals surface area (Å²) in [6.45, 7) is 9.14. The monoisotopic (exact) mass is 502 g/mol. The van der Waals surface area contributed by atoms with E-state index in [0.717, 1.165) is 37.3 Å². The van der Waals surface area contributed by atoms with Crippen LogP contribution in [0.3, 0.4) is 0 Å². The van der Waals surface area contributed by atoms with Gasteiger partial charge in [-0.1, -0.05) is 38.1 Å². The van der Waals surface area contributed by atoms with E-state index in [2.05, 4.69) is 9.80 Å². The number of esters is 2. The number of piperazine rings is 1. The van der Waals surface area contributed by atoms with Crippen LogP contribution in [0.1, 0.15) is 49.7 Å². The van der Waals surface area contributed by atoms with Gasteiger partial charge in [0.1, 0.15) is 24.8 Å². The highest BCUT2D eigenvalue weighted by Crippen LogP contribution is 2.22. The number of halogens is 2. The first-order chi connectivity index (χ1) is 17.4. The van der Waals surface area contributed by atoms with Crippen molar-refractivity contribution in [2.24, 2.45) is 0 Å². The van der Waals surface area contributed by atoms with Gasteiger partial charge in [0.05, 0.1) is 11.8 Å². The van der Waals surface area contributed by atoms with Crippen LogP contribution in [0.25, 0.3) is 0 Å². The number of rotatable bonds is 12. The van der Waals surface area contributed by atoms with Gasteiger partial charge in [-0.2, -0.15) is 0 Å². The van der Waals surface area contributed by atoms with Crippen molar-refractivity contribution in [3.8, 4) is 0 Å². The molecule has 1 aliphatic rings. The van der Waals surface area contributed by atoms with E-state index < -0.39 is 0 Å². The van der Waals surface area contributed by atoms with E-state index in [0.29, 0.717) is 39.1 Å². The summed E-state index contributed by atoms with van der Waals surface area (Å²) in [6.07, 6.45) is 1.19. The summed E-state index contributed by atoms with van der Waals surface area (Å²) in [5.74, 6) is -1.99. The third-order valence-corrected chi connectivity index (χ3v) is 6.70. The maximum Gasteiger partial charge on any atom is 0.313 e. The van der Waals surface area contributed by atoms with Crippen LogP contribution in [-0.4, -0.2) is 74.2 Å². The predicted octanol–water partition coefficient (Wildman–Crippen LogP) is 4.36. The van der Waals surface area contributed by atoms with E-state index in [4.69, 9.17) is 9.47 Å². The molecule has 2 atom stereocenters. The topological polar surface area (TPSA) is 59.1 Å². The lowest BCUT2D eigenvalue weighted by atomic mass is 9.97. The van der Waals surface area contributed by atoms with Gasteiger partial charge in [0.2, 0.25) is 0 Å². The second-order valence-electron chi connectivity index (χ2n) is 9.04. The molecule has 0 aliphatic carbocycles. The Hall–Kier alpha value is -2.84. The highest BCUT2D eigenvalue weighted by atomic mass is 19.1. The molecule has 1 heterocycles. The van der Waals surface area contributed by atoms with Crippen molar-refractivity contribution in [1.82, 2.24) is 9.80 Å². The Morgan fingerprint density at radius 1 is 0.694 bits per heavy atom. The molecule has 8 heteroatoms. The fourth-order valence-electron chi connectivity index (χ4n) is 4.46. The molecule has 2 unspecified atom stereocenters. The number of hydrogen-bond acceptors (Lipinski definition) is 6. The SMILES string of the molecule is CCC(C(=O)OCCN1CCN(CCOC(=O)C(CC)c2ccc(F)cc2)CC1)c1ccc(F)cc1. The van der Waals surface area contributed by atoms with Gasteiger partial charge in [0.15, 0.2) is 0 Å². The third-order valence-electron chi connectivity index (χ3n) is 6.70. The Bertz CT molecular complexity index is 881. The molecule has 0 spiro atoms. The van der Waals surface area contributed by atoms with Gasteiger partial charge in [0, 0.05) is 39.3 Å². The molecular weight excluding hydrogens is 466 g/mol. The zero-order valence-corrected chi connectivity index (χ0v) is 21.1. The standard InChI is InChI=1S/C28H36F2N2O4/c1-3-25(21-5-9-23(29)10-6-21)27(33)35-19-17-31-13-15-32(16-14-31)18-20-36-28(34)26(4-2)22-7-11-24(30)12-8-22/h5-12,25-26H,3-4,13-20H2,1-2H3. The van der Waals surface area contributed by atoms with Gasteiger partial charge < -0.3 is 9.47 Å². The number of carbonyl (C=O) groups is 2. The minimum atomic E-state index is -0.388. The number of benzene rings is 2. The largest absolute Gasteiger partial charge is 0.464 e. The minimum Gasteiger partial charge on any atom is -0.464 e. The summed E-state index contributed by atoms with van der Waals surface area (Å²) >= 11 is 0. The zero-order valence-electron chi connectivity index (χ0n) is 21.1. The summed E-state index contributed by atoms with van der Waals surface area (Å²) in [6, 6.07) is 12.0. The van der Waals surface area contributed by atoms with E-state index in [1.165, 1.54) is 24.3 Å². The highest BCUT2D eigenvalue weighted by Gasteiger charge is 2.23. The van der Waals surface area contributed by atoms with Crippen LogP contribution in [0, 0.1) is 11.6 Å². The van der Waals surface area contributed by atoms with E-state index in [-0.39, 0.29) is 35.4 Å². The second-order valence-corrected chi connectivity index (χ2v) is 9.04. The van der Waals surface area contributed by atoms with Crippen LogP contribution in [0.15, 0.2) is 48.5 Å². The summed E-state index contributed by atoms with van der Waals surface area (Å²) < 4.78 is 37.3. The van der Waals surface area contributed by atoms with Crippen LogP contribution in [0.2, 0.25) is 0 Å². The van der Waals surface area contributed by atoms with E-state index in [1.807, 2.05) is 13.8 Å². The fraction of sp³-hybridized carbons (Fsp3) is 0.500. The molecule has 36 heavy (non-hydrogen) atoms. The molecule has 1 saturated heterocycles. The Labute approximate surface area is 212 Å². The van der Waals surface area contributed by atoms with E-state index in [1.54, 1.807) is 24.3 Å². The molecule has 6 nitrogen and oxygen atoms in total. The lowest BCUT2D eigenvalue weighted by molar-refractivity contribution is -0.147. The summed E-state index contributed by atoms with van der Waals surface area (Å²) in [5, 5.41) is 0. The van der Waals surface area contributed by atoms with Crippen molar-refractivity contribution in [3.63, 3.8) is 0 Å². The van der Waals surface area contributed by atoms with Crippen LogP contribution in [0.4, 0.5) is 8.78 Å². The van der Waals surface area contributed by atoms with Crippen LogP contribution < -0.4 is 0 Å². The van der Waals surface area contributed by atoms with Crippen LogP contribution >= 0.6 is 0 Å². The Balaban J connectivity index is 1.32. The maximum atomic E-state index is 13.2. The van der Waals surface area contributed by atoms with Gasteiger partial charge in [-0.25, -0.2) is 8.78 Å². The predicted molar refractivity (Wildman–Crippen MR) is 134 cm³/mol. The van der Waals surface area contributed by atoms with Crippen molar-refractivity contribution < 1.29 is 27.8 Å². The lowest BCUT2D eigenvalue weighted by Crippen LogP contribution is -2.48. The molecule has 0 amide bonds. The molecule has 1 fully saturated rings. The smallest absolute Gasteiger partial charge is 0.313 e. The molecule has 0 N–H and O–H groups in total.